The van der Waals surface area contributed by atoms with E-state index in [1.54, 1.807) is 6.07 Å². The molecule has 0 saturated heterocycles. The lowest BCUT2D eigenvalue weighted by atomic mass is 10.1. The molecule has 3 aromatic carbocycles. The molecular weight excluding hydrogens is 440 g/mol. The number of nitrogens with one attached hydrogen (secondary N) is 2. The summed E-state index contributed by atoms with van der Waals surface area (Å²) in [6, 6.07) is 26.2. The van der Waals surface area contributed by atoms with Crippen molar-refractivity contribution in [2.24, 2.45) is 0 Å². The molecule has 9 heteroatoms. The van der Waals surface area contributed by atoms with Crippen molar-refractivity contribution in [3.63, 3.8) is 0 Å². The van der Waals surface area contributed by atoms with Gasteiger partial charge in [0, 0.05) is 18.2 Å². The van der Waals surface area contributed by atoms with Crippen molar-refractivity contribution in [2.75, 3.05) is 0 Å². The average molecular weight is 461 g/mol. The van der Waals surface area contributed by atoms with Crippen LogP contribution in [0.4, 0.5) is 4.79 Å². The number of nitrogens with zero attached hydrogens (tertiary/aromatic N) is 2. The van der Waals surface area contributed by atoms with Crippen LogP contribution in [0.1, 0.15) is 5.56 Å². The lowest BCUT2D eigenvalue weighted by molar-refractivity contribution is 0.245. The molecule has 0 unspecified atom stereocenters. The molecule has 0 spiro atoms. The molecule has 0 bridgehead atoms. The van der Waals surface area contributed by atoms with Gasteiger partial charge in [0.1, 0.15) is 0 Å². The molecule has 8 nitrogen and oxygen atoms in total. The van der Waals surface area contributed by atoms with Gasteiger partial charge in [-0.2, -0.15) is 9.78 Å². The van der Waals surface area contributed by atoms with Crippen LogP contribution in [0.5, 0.6) is 0 Å². The topological polar surface area (TPSA) is 110 Å². The van der Waals surface area contributed by atoms with Crippen molar-refractivity contribution >= 4 is 16.1 Å². The van der Waals surface area contributed by atoms with Gasteiger partial charge in [0.25, 0.3) is 15.6 Å². The second-order valence-electron chi connectivity index (χ2n) is 7.10. The van der Waals surface area contributed by atoms with E-state index in [4.69, 9.17) is 0 Å². The van der Waals surface area contributed by atoms with Crippen LogP contribution >= 0.6 is 0 Å². The van der Waals surface area contributed by atoms with Crippen molar-refractivity contribution in [3.8, 4) is 16.9 Å². The molecule has 0 atom stereocenters. The molecule has 0 radical (unpaired) electrons. The molecule has 0 aliphatic carbocycles. The zero-order chi connectivity index (χ0) is 23.3. The first-order valence-corrected chi connectivity index (χ1v) is 11.5. The first kappa shape index (κ1) is 22.0. The SMILES string of the molecule is O=C(NCc1ccccc1)NS(=O)(=O)c1ccc(-n2nc(-c3ccccc3)ccc2=O)cc1. The van der Waals surface area contributed by atoms with E-state index in [1.165, 1.54) is 35.0 Å². The summed E-state index contributed by atoms with van der Waals surface area (Å²) in [5.74, 6) is 0. The van der Waals surface area contributed by atoms with Crippen LogP contribution in [0.25, 0.3) is 16.9 Å². The molecule has 1 aromatic heterocycles. The Bertz CT molecular complexity index is 1420. The van der Waals surface area contributed by atoms with Crippen LogP contribution in [0.3, 0.4) is 0 Å². The standard InChI is InChI=1S/C24H20N4O4S/c29-23-16-15-22(19-9-5-2-6-10-19)26-28(23)20-11-13-21(14-12-20)33(31,32)27-24(30)25-17-18-7-3-1-4-8-18/h1-16H,17H2,(H2,25,27,30). The highest BCUT2D eigenvalue weighted by Crippen LogP contribution is 2.16. The maximum absolute atomic E-state index is 12.6. The van der Waals surface area contributed by atoms with E-state index >= 15 is 0 Å². The number of carbonyl (C=O) groups is 1. The number of aromatic nitrogens is 2. The van der Waals surface area contributed by atoms with Crippen molar-refractivity contribution < 1.29 is 13.2 Å². The second kappa shape index (κ2) is 9.49. The Labute approximate surface area is 190 Å². The van der Waals surface area contributed by atoms with Gasteiger partial charge in [0.2, 0.25) is 0 Å². The largest absolute Gasteiger partial charge is 0.333 e. The van der Waals surface area contributed by atoms with Crippen molar-refractivity contribution in [1.82, 2.24) is 19.8 Å². The predicted octanol–water partition coefficient (Wildman–Crippen LogP) is 3.09. The Hall–Kier alpha value is -4.24. The summed E-state index contributed by atoms with van der Waals surface area (Å²) in [7, 11) is -4.09. The third-order valence-corrected chi connectivity index (χ3v) is 6.13. The van der Waals surface area contributed by atoms with E-state index in [0.717, 1.165) is 11.1 Å². The number of hydrogen-bond donors (Lipinski definition) is 2. The minimum Gasteiger partial charge on any atom is -0.333 e. The second-order valence-corrected chi connectivity index (χ2v) is 8.78. The third kappa shape index (κ3) is 5.34. The van der Waals surface area contributed by atoms with Crippen LogP contribution in [0.15, 0.2) is 107 Å². The molecule has 2 N–H and O–H groups in total. The first-order chi connectivity index (χ1) is 15.9. The summed E-state index contributed by atoms with van der Waals surface area (Å²) in [5, 5.41) is 6.89. The van der Waals surface area contributed by atoms with Gasteiger partial charge in [-0.05, 0) is 35.9 Å². The van der Waals surface area contributed by atoms with E-state index in [2.05, 4.69) is 10.4 Å². The van der Waals surface area contributed by atoms with Gasteiger partial charge in [-0.15, -0.1) is 0 Å². The number of rotatable bonds is 6. The van der Waals surface area contributed by atoms with Gasteiger partial charge in [-0.1, -0.05) is 60.7 Å². The van der Waals surface area contributed by atoms with Gasteiger partial charge in [-0.3, -0.25) is 4.79 Å². The van der Waals surface area contributed by atoms with Gasteiger partial charge >= 0.3 is 6.03 Å². The number of sulfonamides is 1. The Morgan fingerprint density at radius 2 is 1.45 bits per heavy atom. The van der Waals surface area contributed by atoms with Gasteiger partial charge in [-0.25, -0.2) is 17.9 Å². The zero-order valence-electron chi connectivity index (χ0n) is 17.4. The van der Waals surface area contributed by atoms with Crippen LogP contribution in [0, 0.1) is 0 Å². The Morgan fingerprint density at radius 3 is 2.12 bits per heavy atom. The van der Waals surface area contributed by atoms with Crippen LogP contribution < -0.4 is 15.6 Å². The summed E-state index contributed by atoms with van der Waals surface area (Å²) in [6.45, 7) is 0.188. The first-order valence-electron chi connectivity index (χ1n) is 10.0. The normalized spacial score (nSPS) is 11.0. The molecule has 0 fully saturated rings. The lowest BCUT2D eigenvalue weighted by Gasteiger charge is -2.10. The lowest BCUT2D eigenvalue weighted by Crippen LogP contribution is -2.39. The maximum Gasteiger partial charge on any atom is 0.328 e. The average Bonchev–Trinajstić information content (AvgIpc) is 2.84. The van der Waals surface area contributed by atoms with E-state index in [1.807, 2.05) is 65.4 Å². The highest BCUT2D eigenvalue weighted by molar-refractivity contribution is 7.90. The van der Waals surface area contributed by atoms with Gasteiger partial charge in [0.15, 0.2) is 0 Å². The van der Waals surface area contributed by atoms with Crippen LogP contribution in [0.2, 0.25) is 0 Å². The fourth-order valence-corrected chi connectivity index (χ4v) is 4.05. The molecular formula is C24H20N4O4S. The summed E-state index contributed by atoms with van der Waals surface area (Å²) in [6.07, 6.45) is 0. The Kier molecular flexibility index (Phi) is 6.32. The van der Waals surface area contributed by atoms with Crippen LogP contribution in [-0.2, 0) is 16.6 Å². The summed E-state index contributed by atoms with van der Waals surface area (Å²) < 4.78 is 28.3. The fourth-order valence-electron chi connectivity index (χ4n) is 3.12. The van der Waals surface area contributed by atoms with Crippen molar-refractivity contribution in [1.29, 1.82) is 0 Å². The molecule has 1 heterocycles. The van der Waals surface area contributed by atoms with E-state index in [9.17, 15) is 18.0 Å². The van der Waals surface area contributed by atoms with Crippen molar-refractivity contribution in [2.45, 2.75) is 11.4 Å². The molecule has 0 aliphatic heterocycles. The molecule has 2 amide bonds. The highest BCUT2D eigenvalue weighted by Gasteiger charge is 2.18. The van der Waals surface area contributed by atoms with E-state index in [0.29, 0.717) is 11.4 Å². The maximum atomic E-state index is 12.6. The molecule has 0 saturated carbocycles. The third-order valence-electron chi connectivity index (χ3n) is 4.78. The Morgan fingerprint density at radius 1 is 0.818 bits per heavy atom. The zero-order valence-corrected chi connectivity index (χ0v) is 18.2. The monoisotopic (exact) mass is 460 g/mol. The summed E-state index contributed by atoms with van der Waals surface area (Å²) >= 11 is 0. The number of amides is 2. The molecule has 166 valence electrons. The molecule has 0 aliphatic rings. The number of hydrogen-bond acceptors (Lipinski definition) is 5. The summed E-state index contributed by atoms with van der Waals surface area (Å²) in [4.78, 5) is 24.3. The smallest absolute Gasteiger partial charge is 0.328 e. The predicted molar refractivity (Wildman–Crippen MR) is 124 cm³/mol. The number of benzene rings is 3. The number of urea groups is 1. The van der Waals surface area contributed by atoms with E-state index < -0.39 is 16.1 Å². The highest BCUT2D eigenvalue weighted by atomic mass is 32.2. The van der Waals surface area contributed by atoms with Crippen LogP contribution in [-0.4, -0.2) is 24.2 Å². The fraction of sp³-hybridized carbons (Fsp3) is 0.0417. The molecule has 4 rings (SSSR count). The molecule has 4 aromatic rings. The van der Waals surface area contributed by atoms with Gasteiger partial charge < -0.3 is 5.32 Å². The minimum absolute atomic E-state index is 0.117. The molecule has 33 heavy (non-hydrogen) atoms. The minimum atomic E-state index is -4.09. The summed E-state index contributed by atoms with van der Waals surface area (Å²) in [5.41, 5.74) is 2.32. The Balaban J connectivity index is 1.50. The number of carbonyl (C=O) groups excluding carboxylic acids is 1. The van der Waals surface area contributed by atoms with E-state index in [-0.39, 0.29) is 17.0 Å². The van der Waals surface area contributed by atoms with Crippen molar-refractivity contribution in [3.05, 3.63) is 113 Å². The quantitative estimate of drug-likeness (QED) is 0.460. The van der Waals surface area contributed by atoms with Gasteiger partial charge in [0.05, 0.1) is 16.3 Å².